The van der Waals surface area contributed by atoms with Crippen LogP contribution in [0.5, 0.6) is 0 Å². The molecule has 0 atom stereocenters. The number of hydrogen-bond donors (Lipinski definition) is 0. The van der Waals surface area contributed by atoms with Gasteiger partial charge in [0.25, 0.3) is 0 Å². The quantitative estimate of drug-likeness (QED) is 0.678. The van der Waals surface area contributed by atoms with E-state index in [1.165, 1.54) is 12.1 Å². The molecule has 0 radical (unpaired) electrons. The topological polar surface area (TPSA) is 12.4 Å². The Morgan fingerprint density at radius 3 is 2.14 bits per heavy atom. The number of halogens is 4. The summed E-state index contributed by atoms with van der Waals surface area (Å²) in [5.74, 6) is 0. The summed E-state index contributed by atoms with van der Waals surface area (Å²) in [5, 5.41) is 0. The van der Waals surface area contributed by atoms with E-state index in [0.717, 1.165) is 11.4 Å². The van der Waals surface area contributed by atoms with Crippen LogP contribution in [-0.4, -0.2) is 11.9 Å². The third-order valence-corrected chi connectivity index (χ3v) is 2.06. The fourth-order valence-corrected chi connectivity index (χ4v) is 1.04. The van der Waals surface area contributed by atoms with Crippen LogP contribution in [-0.2, 0) is 0 Å². The van der Waals surface area contributed by atoms with Crippen LogP contribution in [0.3, 0.4) is 0 Å². The van der Waals surface area contributed by atoms with Crippen molar-refractivity contribution in [1.29, 1.82) is 0 Å². The van der Waals surface area contributed by atoms with Gasteiger partial charge in [0, 0.05) is 4.47 Å². The lowest BCUT2D eigenvalue weighted by atomic mass is 10.3. The van der Waals surface area contributed by atoms with Crippen LogP contribution < -0.4 is 0 Å². The molecule has 0 N–H and O–H groups in total. The summed E-state index contributed by atoms with van der Waals surface area (Å²) in [6.07, 6.45) is -4.35. The van der Waals surface area contributed by atoms with Crippen LogP contribution in [0.15, 0.2) is 33.7 Å². The Kier molecular flexibility index (Phi) is 3.31. The second kappa shape index (κ2) is 4.13. The molecule has 0 heterocycles. The third kappa shape index (κ3) is 3.14. The van der Waals surface area contributed by atoms with Gasteiger partial charge in [-0.3, -0.25) is 0 Å². The van der Waals surface area contributed by atoms with Gasteiger partial charge in [-0.25, -0.2) is 4.99 Å². The highest BCUT2D eigenvalue weighted by atomic mass is 79.9. The molecule has 0 amide bonds. The average molecular weight is 266 g/mol. The lowest BCUT2D eigenvalue weighted by molar-refractivity contribution is -0.0591. The van der Waals surface area contributed by atoms with E-state index in [1.54, 1.807) is 12.1 Å². The van der Waals surface area contributed by atoms with Crippen molar-refractivity contribution in [2.75, 3.05) is 0 Å². The highest BCUT2D eigenvalue weighted by molar-refractivity contribution is 9.10. The van der Waals surface area contributed by atoms with E-state index in [0.29, 0.717) is 5.69 Å². The molecule has 0 spiro atoms. The Morgan fingerprint density at radius 1 is 1.21 bits per heavy atom. The van der Waals surface area contributed by atoms with Crippen molar-refractivity contribution in [1.82, 2.24) is 0 Å². The maximum atomic E-state index is 12.1. The van der Waals surface area contributed by atoms with Gasteiger partial charge in [-0.1, -0.05) is 15.9 Å². The summed E-state index contributed by atoms with van der Waals surface area (Å²) in [4.78, 5) is 3.44. The van der Waals surface area contributed by atoms with Gasteiger partial charge in [0.15, 0.2) is 0 Å². The van der Waals surface area contributed by atoms with Crippen molar-refractivity contribution in [3.05, 3.63) is 28.7 Å². The van der Waals surface area contributed by atoms with Gasteiger partial charge in [-0.15, -0.1) is 0 Å². The summed E-state index contributed by atoms with van der Waals surface area (Å²) >= 11 is 3.18. The van der Waals surface area contributed by atoms with E-state index in [1.807, 2.05) is 0 Å². The summed E-state index contributed by atoms with van der Waals surface area (Å²) in [7, 11) is 0. The van der Waals surface area contributed by atoms with Crippen molar-refractivity contribution < 1.29 is 13.2 Å². The van der Waals surface area contributed by atoms with Crippen LogP contribution in [0.2, 0.25) is 0 Å². The smallest absolute Gasteiger partial charge is 0.249 e. The van der Waals surface area contributed by atoms with E-state index >= 15 is 0 Å². The predicted octanol–water partition coefficient (Wildman–Crippen LogP) is 4.10. The Hall–Kier alpha value is -0.840. The first kappa shape index (κ1) is 11.2. The van der Waals surface area contributed by atoms with Crippen molar-refractivity contribution in [2.45, 2.75) is 13.1 Å². The largest absolute Gasteiger partial charge is 0.429 e. The molecule has 0 aromatic heterocycles. The molecule has 0 unspecified atom stereocenters. The number of nitrogens with zero attached hydrogens (tertiary/aromatic N) is 1. The molecule has 0 saturated carbocycles. The molecular weight excluding hydrogens is 259 g/mol. The lowest BCUT2D eigenvalue weighted by Gasteiger charge is -2.04. The molecule has 1 nitrogen and oxygen atoms in total. The van der Waals surface area contributed by atoms with Gasteiger partial charge in [0.2, 0.25) is 0 Å². The summed E-state index contributed by atoms with van der Waals surface area (Å²) in [5.41, 5.74) is -0.553. The van der Waals surface area contributed by atoms with Crippen molar-refractivity contribution >= 4 is 27.3 Å². The van der Waals surface area contributed by atoms with E-state index in [4.69, 9.17) is 0 Å². The minimum absolute atomic E-state index is 0.294. The van der Waals surface area contributed by atoms with Crippen LogP contribution in [0, 0.1) is 0 Å². The molecule has 14 heavy (non-hydrogen) atoms. The molecule has 0 aliphatic heterocycles. The van der Waals surface area contributed by atoms with Crippen LogP contribution >= 0.6 is 15.9 Å². The molecule has 1 aromatic rings. The monoisotopic (exact) mass is 265 g/mol. The van der Waals surface area contributed by atoms with Crippen molar-refractivity contribution in [2.24, 2.45) is 4.99 Å². The fraction of sp³-hybridized carbons (Fsp3) is 0.222. The minimum Gasteiger partial charge on any atom is -0.249 e. The molecule has 1 rings (SSSR count). The van der Waals surface area contributed by atoms with E-state index in [9.17, 15) is 13.2 Å². The molecule has 0 saturated heterocycles. The fourth-order valence-electron chi connectivity index (χ4n) is 0.773. The lowest BCUT2D eigenvalue weighted by Crippen LogP contribution is -2.18. The van der Waals surface area contributed by atoms with E-state index in [2.05, 4.69) is 20.9 Å². The summed E-state index contributed by atoms with van der Waals surface area (Å²) in [6.45, 7) is 0.946. The zero-order valence-electron chi connectivity index (χ0n) is 7.27. The number of alkyl halides is 3. The Balaban J connectivity index is 2.93. The highest BCUT2D eigenvalue weighted by Gasteiger charge is 2.31. The molecule has 0 aliphatic carbocycles. The molecular formula is C9H7BrF3N. The van der Waals surface area contributed by atoms with Crippen molar-refractivity contribution in [3.63, 3.8) is 0 Å². The number of aliphatic imine (C=N–C) groups is 1. The Morgan fingerprint density at radius 2 is 1.71 bits per heavy atom. The van der Waals surface area contributed by atoms with Gasteiger partial charge in [0.1, 0.15) is 5.71 Å². The standard InChI is InChI=1S/C9H7BrF3N/c1-6(9(11,12)13)14-8-4-2-7(10)3-5-8/h2-5H,1H3. The van der Waals surface area contributed by atoms with Crippen LogP contribution in [0.25, 0.3) is 0 Å². The van der Waals surface area contributed by atoms with E-state index < -0.39 is 11.9 Å². The normalized spacial score (nSPS) is 13.1. The van der Waals surface area contributed by atoms with Crippen LogP contribution in [0.1, 0.15) is 6.92 Å². The van der Waals surface area contributed by atoms with Gasteiger partial charge < -0.3 is 0 Å². The molecule has 0 fully saturated rings. The maximum Gasteiger partial charge on any atom is 0.429 e. The first-order valence-corrected chi connectivity index (χ1v) is 4.57. The Bertz CT molecular complexity index is 340. The number of rotatable bonds is 1. The zero-order chi connectivity index (χ0) is 10.8. The van der Waals surface area contributed by atoms with Gasteiger partial charge in [0.05, 0.1) is 5.69 Å². The average Bonchev–Trinajstić information content (AvgIpc) is 2.07. The number of benzene rings is 1. The van der Waals surface area contributed by atoms with E-state index in [-0.39, 0.29) is 0 Å². The predicted molar refractivity (Wildman–Crippen MR) is 53.0 cm³/mol. The highest BCUT2D eigenvalue weighted by Crippen LogP contribution is 2.22. The second-order valence-electron chi connectivity index (χ2n) is 2.67. The first-order chi connectivity index (χ1) is 6.39. The third-order valence-electron chi connectivity index (χ3n) is 1.53. The summed E-state index contributed by atoms with van der Waals surface area (Å²) in [6, 6.07) is 6.31. The molecule has 76 valence electrons. The molecule has 5 heteroatoms. The minimum atomic E-state index is -4.35. The summed E-state index contributed by atoms with van der Waals surface area (Å²) < 4.78 is 37.0. The molecule has 1 aromatic carbocycles. The molecule has 0 aliphatic rings. The van der Waals surface area contributed by atoms with Gasteiger partial charge >= 0.3 is 6.18 Å². The first-order valence-electron chi connectivity index (χ1n) is 3.77. The Labute approximate surface area is 87.8 Å². The molecule has 0 bridgehead atoms. The van der Waals surface area contributed by atoms with Crippen LogP contribution in [0.4, 0.5) is 18.9 Å². The maximum absolute atomic E-state index is 12.1. The number of hydrogen-bond acceptors (Lipinski definition) is 1. The van der Waals surface area contributed by atoms with Crippen molar-refractivity contribution in [3.8, 4) is 0 Å². The van der Waals surface area contributed by atoms with Gasteiger partial charge in [-0.2, -0.15) is 13.2 Å². The second-order valence-corrected chi connectivity index (χ2v) is 3.59. The zero-order valence-corrected chi connectivity index (χ0v) is 8.85. The SMILES string of the molecule is CC(=Nc1ccc(Br)cc1)C(F)(F)F. The van der Waals surface area contributed by atoms with Gasteiger partial charge in [-0.05, 0) is 31.2 Å².